The first-order valence-corrected chi connectivity index (χ1v) is 3.03. The molecule has 0 aromatic rings. The summed E-state index contributed by atoms with van der Waals surface area (Å²) in [5, 5.41) is 8.40. The quantitative estimate of drug-likeness (QED) is 0.557. The van der Waals surface area contributed by atoms with Gasteiger partial charge in [0.2, 0.25) is 0 Å². The van der Waals surface area contributed by atoms with E-state index in [9.17, 15) is 9.18 Å². The number of alkyl halides is 1. The Bertz CT molecular complexity index is 148. The summed E-state index contributed by atoms with van der Waals surface area (Å²) in [6, 6.07) is 0. The first kappa shape index (κ1) is 14.2. The molecule has 0 rings (SSSR count). The van der Waals surface area contributed by atoms with Gasteiger partial charge in [0, 0.05) is 6.42 Å². The maximum Gasteiger partial charge on any atom is 0.326 e. The molecular formula is C6H12ClFN2O2. The molecule has 0 aromatic heterocycles. The van der Waals surface area contributed by atoms with E-state index in [1.807, 2.05) is 0 Å². The van der Waals surface area contributed by atoms with Crippen LogP contribution in [0.15, 0.2) is 0 Å². The SMILES string of the molecule is Cl.NC[CH][CH]C(N)(CF)C(=O)O. The third-order valence-corrected chi connectivity index (χ3v) is 1.17. The van der Waals surface area contributed by atoms with Crippen molar-refractivity contribution in [3.63, 3.8) is 0 Å². The minimum Gasteiger partial charge on any atom is -0.480 e. The number of halogens is 2. The zero-order valence-electron chi connectivity index (χ0n) is 6.37. The average Bonchev–Trinajstić information content (AvgIpc) is 2.00. The number of hydrogen-bond acceptors (Lipinski definition) is 3. The van der Waals surface area contributed by atoms with Crippen LogP contribution in [0.25, 0.3) is 0 Å². The van der Waals surface area contributed by atoms with E-state index in [2.05, 4.69) is 0 Å². The van der Waals surface area contributed by atoms with Crippen molar-refractivity contribution < 1.29 is 14.3 Å². The maximum absolute atomic E-state index is 12.0. The monoisotopic (exact) mass is 198 g/mol. The van der Waals surface area contributed by atoms with E-state index in [0.29, 0.717) is 0 Å². The van der Waals surface area contributed by atoms with Gasteiger partial charge in [-0.2, -0.15) is 0 Å². The van der Waals surface area contributed by atoms with Crippen LogP contribution < -0.4 is 11.5 Å². The Morgan fingerprint density at radius 2 is 2.17 bits per heavy atom. The number of aliphatic carboxylic acids is 1. The third-order valence-electron chi connectivity index (χ3n) is 1.17. The summed E-state index contributed by atoms with van der Waals surface area (Å²) in [4.78, 5) is 10.3. The van der Waals surface area contributed by atoms with Crippen LogP contribution in [0.5, 0.6) is 0 Å². The van der Waals surface area contributed by atoms with Gasteiger partial charge in [0.25, 0.3) is 0 Å². The van der Waals surface area contributed by atoms with Crippen molar-refractivity contribution in [3.8, 4) is 0 Å². The Morgan fingerprint density at radius 1 is 1.67 bits per heavy atom. The van der Waals surface area contributed by atoms with E-state index in [1.165, 1.54) is 6.42 Å². The van der Waals surface area contributed by atoms with Crippen LogP contribution in [-0.2, 0) is 4.79 Å². The van der Waals surface area contributed by atoms with Crippen molar-refractivity contribution in [2.75, 3.05) is 13.2 Å². The molecular weight excluding hydrogens is 187 g/mol. The minimum absolute atomic E-state index is 0. The molecule has 0 amide bonds. The summed E-state index contributed by atoms with van der Waals surface area (Å²) < 4.78 is 12.0. The normalized spacial score (nSPS) is 14.6. The fourth-order valence-electron chi connectivity index (χ4n) is 0.451. The highest BCUT2D eigenvalue weighted by Gasteiger charge is 2.33. The Morgan fingerprint density at radius 3 is 2.42 bits per heavy atom. The molecule has 0 aliphatic carbocycles. The molecule has 5 N–H and O–H groups in total. The van der Waals surface area contributed by atoms with Gasteiger partial charge in [-0.1, -0.05) is 0 Å². The Labute approximate surface area is 76.5 Å². The van der Waals surface area contributed by atoms with Crippen molar-refractivity contribution in [1.82, 2.24) is 0 Å². The number of hydrogen-bond donors (Lipinski definition) is 3. The van der Waals surface area contributed by atoms with Gasteiger partial charge >= 0.3 is 5.97 Å². The molecule has 1 unspecified atom stereocenters. The van der Waals surface area contributed by atoms with Gasteiger partial charge in [0.15, 0.2) is 0 Å². The summed E-state index contributed by atoms with van der Waals surface area (Å²) >= 11 is 0. The predicted molar refractivity (Wildman–Crippen MR) is 45.4 cm³/mol. The number of carbonyl (C=O) groups is 1. The number of carboxylic acids is 1. The zero-order valence-corrected chi connectivity index (χ0v) is 7.18. The smallest absolute Gasteiger partial charge is 0.326 e. The second kappa shape index (κ2) is 6.16. The lowest BCUT2D eigenvalue weighted by molar-refractivity contribution is -0.142. The molecule has 72 valence electrons. The number of nitrogens with two attached hydrogens (primary N) is 2. The number of carboxylic acid groups (broad SMARTS) is 1. The highest BCUT2D eigenvalue weighted by atomic mass is 35.5. The van der Waals surface area contributed by atoms with Crippen LogP contribution in [0.4, 0.5) is 4.39 Å². The maximum atomic E-state index is 12.0. The van der Waals surface area contributed by atoms with Crippen LogP contribution in [0.3, 0.4) is 0 Å². The second-order valence-corrected chi connectivity index (χ2v) is 2.12. The van der Waals surface area contributed by atoms with Gasteiger partial charge < -0.3 is 16.6 Å². The average molecular weight is 199 g/mol. The highest BCUT2D eigenvalue weighted by molar-refractivity contribution is 5.85. The summed E-state index contributed by atoms with van der Waals surface area (Å²) in [6.07, 6.45) is 2.36. The second-order valence-electron chi connectivity index (χ2n) is 2.12. The van der Waals surface area contributed by atoms with E-state index in [-0.39, 0.29) is 19.0 Å². The summed E-state index contributed by atoms with van der Waals surface area (Å²) in [5.41, 5.74) is 8.22. The molecule has 0 fully saturated rings. The van der Waals surface area contributed by atoms with Gasteiger partial charge in [-0.15, -0.1) is 12.4 Å². The lowest BCUT2D eigenvalue weighted by atomic mass is 9.97. The standard InChI is InChI=1S/C6H11FN2O2.ClH/c7-4-6(9,5(10)11)2-1-3-8;/h1-2H,3-4,8-9H2,(H,10,11);1H. The van der Waals surface area contributed by atoms with Gasteiger partial charge in [0.05, 0.1) is 0 Å². The fraction of sp³-hybridized carbons (Fsp3) is 0.500. The summed E-state index contributed by atoms with van der Waals surface area (Å²) in [6.45, 7) is -0.995. The van der Waals surface area contributed by atoms with Crippen LogP contribution in [-0.4, -0.2) is 29.8 Å². The van der Waals surface area contributed by atoms with Crippen molar-refractivity contribution in [2.24, 2.45) is 11.5 Å². The van der Waals surface area contributed by atoms with E-state index < -0.39 is 18.2 Å². The topological polar surface area (TPSA) is 89.3 Å². The molecule has 0 aromatic carbocycles. The van der Waals surface area contributed by atoms with Crippen molar-refractivity contribution in [1.29, 1.82) is 0 Å². The van der Waals surface area contributed by atoms with Crippen LogP contribution in [0, 0.1) is 12.8 Å². The lowest BCUT2D eigenvalue weighted by Crippen LogP contribution is -2.51. The zero-order chi connectivity index (χ0) is 8.91. The first-order chi connectivity index (χ1) is 5.06. The number of rotatable bonds is 5. The molecule has 1 atom stereocenters. The molecule has 0 spiro atoms. The molecule has 0 saturated carbocycles. The van der Waals surface area contributed by atoms with Gasteiger partial charge in [0.1, 0.15) is 12.2 Å². The van der Waals surface area contributed by atoms with E-state index >= 15 is 0 Å². The van der Waals surface area contributed by atoms with Crippen molar-refractivity contribution in [2.45, 2.75) is 5.54 Å². The van der Waals surface area contributed by atoms with Crippen molar-refractivity contribution in [3.05, 3.63) is 12.8 Å². The van der Waals surface area contributed by atoms with E-state index in [0.717, 1.165) is 6.42 Å². The third kappa shape index (κ3) is 3.85. The van der Waals surface area contributed by atoms with Gasteiger partial charge in [-0.05, 0) is 13.0 Å². The molecule has 4 nitrogen and oxygen atoms in total. The Hall–Kier alpha value is -0.390. The highest BCUT2D eigenvalue weighted by Crippen LogP contribution is 2.07. The predicted octanol–water partition coefficient (Wildman–Crippen LogP) is -0.473. The van der Waals surface area contributed by atoms with Crippen LogP contribution in [0.1, 0.15) is 0 Å². The Kier molecular flexibility index (Phi) is 7.27. The van der Waals surface area contributed by atoms with E-state index in [1.54, 1.807) is 0 Å². The Balaban J connectivity index is 0. The van der Waals surface area contributed by atoms with Gasteiger partial charge in [-0.25, -0.2) is 4.39 Å². The van der Waals surface area contributed by atoms with Gasteiger partial charge in [-0.3, -0.25) is 4.79 Å². The molecule has 2 radical (unpaired) electrons. The fourth-order valence-corrected chi connectivity index (χ4v) is 0.451. The molecule has 0 aliphatic rings. The van der Waals surface area contributed by atoms with Crippen LogP contribution >= 0.6 is 12.4 Å². The summed E-state index contributed by atoms with van der Waals surface area (Å²) in [5.74, 6) is -1.40. The molecule has 12 heavy (non-hydrogen) atoms. The van der Waals surface area contributed by atoms with Crippen LogP contribution in [0.2, 0.25) is 0 Å². The van der Waals surface area contributed by atoms with Crippen molar-refractivity contribution >= 4 is 18.4 Å². The largest absolute Gasteiger partial charge is 0.480 e. The summed E-state index contributed by atoms with van der Waals surface area (Å²) in [7, 11) is 0. The molecule has 0 bridgehead atoms. The first-order valence-electron chi connectivity index (χ1n) is 3.03. The minimum atomic E-state index is -1.92. The molecule has 0 saturated heterocycles. The molecule has 0 heterocycles. The lowest BCUT2D eigenvalue weighted by Gasteiger charge is -2.19. The molecule has 0 aliphatic heterocycles. The van der Waals surface area contributed by atoms with E-state index in [4.69, 9.17) is 16.6 Å². The molecule has 6 heteroatoms.